The molecule has 5 nitrogen and oxygen atoms in total. The number of hydrogen-bond acceptors (Lipinski definition) is 4. The summed E-state index contributed by atoms with van der Waals surface area (Å²) in [7, 11) is 0. The van der Waals surface area contributed by atoms with Gasteiger partial charge in [0, 0.05) is 37.0 Å². The van der Waals surface area contributed by atoms with E-state index in [1.165, 1.54) is 24.3 Å². The van der Waals surface area contributed by atoms with Crippen molar-refractivity contribution in [2.24, 2.45) is 0 Å². The van der Waals surface area contributed by atoms with E-state index in [1.54, 1.807) is 18.2 Å². The van der Waals surface area contributed by atoms with Gasteiger partial charge in [-0.2, -0.15) is 0 Å². The zero-order valence-corrected chi connectivity index (χ0v) is 13.7. The number of benzene rings is 2. The molecule has 1 aliphatic heterocycles. The van der Waals surface area contributed by atoms with Crippen molar-refractivity contribution < 1.29 is 9.31 Å². The predicted octanol–water partition coefficient (Wildman–Crippen LogP) is 4.47. The van der Waals surface area contributed by atoms with E-state index in [-0.39, 0.29) is 11.5 Å². The molecule has 0 spiro atoms. The maximum Gasteiger partial charge on any atom is 0.271 e. The molecule has 0 atom stereocenters. The molecule has 0 unspecified atom stereocenters. The molecule has 7 heteroatoms. The summed E-state index contributed by atoms with van der Waals surface area (Å²) in [5.41, 5.74) is 1.72. The van der Waals surface area contributed by atoms with E-state index in [1.807, 2.05) is 0 Å². The van der Waals surface area contributed by atoms with Crippen molar-refractivity contribution >= 4 is 28.7 Å². The quantitative estimate of drug-likeness (QED) is 0.653. The van der Waals surface area contributed by atoms with Gasteiger partial charge in [-0.1, -0.05) is 11.6 Å². The summed E-state index contributed by atoms with van der Waals surface area (Å²) in [6.45, 7) is 1.60. The fourth-order valence-corrected chi connectivity index (χ4v) is 3.21. The molecule has 0 saturated carbocycles. The van der Waals surface area contributed by atoms with Crippen molar-refractivity contribution in [3.63, 3.8) is 0 Å². The van der Waals surface area contributed by atoms with Gasteiger partial charge in [-0.05, 0) is 43.2 Å². The summed E-state index contributed by atoms with van der Waals surface area (Å²) in [6, 6.07) is 11.2. The molecule has 2 aromatic rings. The highest BCUT2D eigenvalue weighted by atomic mass is 35.5. The number of nitrogens with one attached hydrogen (secondary N) is 1. The van der Waals surface area contributed by atoms with Crippen LogP contribution in [0.2, 0.25) is 5.02 Å². The Labute approximate surface area is 144 Å². The Hall–Kier alpha value is -2.34. The van der Waals surface area contributed by atoms with Gasteiger partial charge in [-0.25, -0.2) is 4.39 Å². The number of piperidine rings is 1. The van der Waals surface area contributed by atoms with E-state index in [0.29, 0.717) is 11.1 Å². The first-order valence-corrected chi connectivity index (χ1v) is 8.12. The Morgan fingerprint density at radius 3 is 2.42 bits per heavy atom. The van der Waals surface area contributed by atoms with Crippen molar-refractivity contribution in [2.75, 3.05) is 23.3 Å². The van der Waals surface area contributed by atoms with Crippen LogP contribution in [-0.4, -0.2) is 24.1 Å². The molecule has 0 radical (unpaired) electrons. The van der Waals surface area contributed by atoms with Gasteiger partial charge in [-0.3, -0.25) is 10.1 Å². The highest BCUT2D eigenvalue weighted by Gasteiger charge is 2.21. The molecule has 0 aromatic heterocycles. The van der Waals surface area contributed by atoms with Crippen molar-refractivity contribution in [3.05, 3.63) is 63.4 Å². The normalized spacial score (nSPS) is 15.3. The molecule has 0 amide bonds. The number of anilines is 2. The van der Waals surface area contributed by atoms with Crippen LogP contribution in [0.3, 0.4) is 0 Å². The third-order valence-corrected chi connectivity index (χ3v) is 4.50. The zero-order valence-electron chi connectivity index (χ0n) is 12.9. The van der Waals surface area contributed by atoms with E-state index < -0.39 is 4.92 Å². The molecular formula is C17H17ClFN3O2. The van der Waals surface area contributed by atoms with Crippen molar-refractivity contribution in [3.8, 4) is 0 Å². The van der Waals surface area contributed by atoms with Crippen LogP contribution in [0, 0.1) is 15.9 Å². The van der Waals surface area contributed by atoms with Crippen molar-refractivity contribution in [1.29, 1.82) is 0 Å². The highest BCUT2D eigenvalue weighted by molar-refractivity contribution is 6.33. The minimum atomic E-state index is -0.450. The molecule has 126 valence electrons. The van der Waals surface area contributed by atoms with Crippen molar-refractivity contribution in [1.82, 2.24) is 0 Å². The summed E-state index contributed by atoms with van der Waals surface area (Å²) in [5.74, 6) is -0.247. The number of nitro benzene ring substituents is 1. The molecule has 0 aliphatic carbocycles. The number of hydrogen-bond donors (Lipinski definition) is 1. The SMILES string of the molecule is O=[N+]([O-])c1ccc(N2CCC(Nc3ccc(F)cc3)CC2)c(Cl)c1. The van der Waals surface area contributed by atoms with Crippen LogP contribution in [0.4, 0.5) is 21.5 Å². The Morgan fingerprint density at radius 1 is 1.17 bits per heavy atom. The van der Waals surface area contributed by atoms with Crippen LogP contribution in [0.1, 0.15) is 12.8 Å². The van der Waals surface area contributed by atoms with Gasteiger partial charge in [0.2, 0.25) is 0 Å². The lowest BCUT2D eigenvalue weighted by molar-refractivity contribution is -0.384. The smallest absolute Gasteiger partial charge is 0.271 e. The van der Waals surface area contributed by atoms with Gasteiger partial charge in [0.15, 0.2) is 0 Å². The molecule has 2 aromatic carbocycles. The summed E-state index contributed by atoms with van der Waals surface area (Å²) in [4.78, 5) is 12.5. The van der Waals surface area contributed by atoms with E-state index in [4.69, 9.17) is 11.6 Å². The van der Waals surface area contributed by atoms with Crippen LogP contribution in [0.25, 0.3) is 0 Å². The molecule has 1 saturated heterocycles. The average Bonchev–Trinajstić information content (AvgIpc) is 2.58. The number of halogens is 2. The van der Waals surface area contributed by atoms with Gasteiger partial charge in [0.1, 0.15) is 5.82 Å². The van der Waals surface area contributed by atoms with Crippen LogP contribution in [0.15, 0.2) is 42.5 Å². The van der Waals surface area contributed by atoms with E-state index in [0.717, 1.165) is 37.3 Å². The number of nitrogens with zero attached hydrogens (tertiary/aromatic N) is 2. The second-order valence-electron chi connectivity index (χ2n) is 5.81. The largest absolute Gasteiger partial charge is 0.382 e. The minimum Gasteiger partial charge on any atom is -0.382 e. The Morgan fingerprint density at radius 2 is 1.83 bits per heavy atom. The predicted molar refractivity (Wildman–Crippen MR) is 93.4 cm³/mol. The summed E-state index contributed by atoms with van der Waals surface area (Å²) >= 11 is 6.19. The Bertz CT molecular complexity index is 731. The maximum absolute atomic E-state index is 12.9. The Kier molecular flexibility index (Phi) is 4.85. The molecule has 1 heterocycles. The molecule has 1 fully saturated rings. The minimum absolute atomic E-state index is 0.00314. The number of rotatable bonds is 4. The first kappa shape index (κ1) is 16.5. The second-order valence-corrected chi connectivity index (χ2v) is 6.21. The van der Waals surface area contributed by atoms with E-state index in [2.05, 4.69) is 10.2 Å². The first-order chi connectivity index (χ1) is 11.5. The molecule has 3 rings (SSSR count). The maximum atomic E-state index is 12.9. The molecule has 0 bridgehead atoms. The third-order valence-electron chi connectivity index (χ3n) is 4.19. The molecule has 1 aliphatic rings. The van der Waals surface area contributed by atoms with Gasteiger partial charge in [-0.15, -0.1) is 0 Å². The van der Waals surface area contributed by atoms with Gasteiger partial charge in [0.25, 0.3) is 5.69 Å². The summed E-state index contributed by atoms with van der Waals surface area (Å²) < 4.78 is 12.9. The highest BCUT2D eigenvalue weighted by Crippen LogP contribution is 2.32. The lowest BCUT2D eigenvalue weighted by Gasteiger charge is -2.34. The molecule has 24 heavy (non-hydrogen) atoms. The first-order valence-electron chi connectivity index (χ1n) is 7.74. The van der Waals surface area contributed by atoms with Crippen LogP contribution >= 0.6 is 11.6 Å². The van der Waals surface area contributed by atoms with Crippen LogP contribution in [0.5, 0.6) is 0 Å². The third kappa shape index (κ3) is 3.76. The monoisotopic (exact) mass is 349 g/mol. The fraction of sp³-hybridized carbons (Fsp3) is 0.294. The van der Waals surface area contributed by atoms with Crippen LogP contribution in [-0.2, 0) is 0 Å². The van der Waals surface area contributed by atoms with E-state index in [9.17, 15) is 14.5 Å². The number of nitro groups is 1. The van der Waals surface area contributed by atoms with Crippen LogP contribution < -0.4 is 10.2 Å². The average molecular weight is 350 g/mol. The van der Waals surface area contributed by atoms with Gasteiger partial charge >= 0.3 is 0 Å². The van der Waals surface area contributed by atoms with Gasteiger partial charge < -0.3 is 10.2 Å². The zero-order chi connectivity index (χ0) is 17.1. The van der Waals surface area contributed by atoms with Crippen molar-refractivity contribution in [2.45, 2.75) is 18.9 Å². The topological polar surface area (TPSA) is 58.4 Å². The standard InChI is InChI=1S/C17H17ClFN3O2/c18-16-11-15(22(23)24)5-6-17(16)21-9-7-14(8-10-21)20-13-3-1-12(19)2-4-13/h1-6,11,14,20H,7-10H2. The van der Waals surface area contributed by atoms with E-state index >= 15 is 0 Å². The fourth-order valence-electron chi connectivity index (χ4n) is 2.91. The lowest BCUT2D eigenvalue weighted by Crippen LogP contribution is -2.39. The molecule has 1 N–H and O–H groups in total. The lowest BCUT2D eigenvalue weighted by atomic mass is 10.0. The summed E-state index contributed by atoms with van der Waals surface area (Å²) in [6.07, 6.45) is 1.81. The number of non-ortho nitro benzene ring substituents is 1. The summed E-state index contributed by atoms with van der Waals surface area (Å²) in [5, 5.41) is 14.6. The Balaban J connectivity index is 1.60. The second kappa shape index (κ2) is 7.05. The van der Waals surface area contributed by atoms with Gasteiger partial charge in [0.05, 0.1) is 15.6 Å². The molecular weight excluding hydrogens is 333 g/mol.